The summed E-state index contributed by atoms with van der Waals surface area (Å²) >= 11 is 0. The standard InChI is InChI=1S/C18H22N2O/c1-13(2)12-21-18-11-19-10-17(20-18)16-9-5-7-14-6-3-4-8-15(14)16/h5,7,9-11,13H,3-4,6,8,12H2,1-2H3. The lowest BCUT2D eigenvalue weighted by Crippen LogP contribution is -2.07. The SMILES string of the molecule is CC(C)COc1cncc(-c2cccc3c2CCCC3)n1. The molecule has 0 bridgehead atoms. The fourth-order valence-electron chi connectivity index (χ4n) is 2.82. The fourth-order valence-corrected chi connectivity index (χ4v) is 2.82. The summed E-state index contributed by atoms with van der Waals surface area (Å²) in [6.45, 7) is 4.93. The molecule has 3 rings (SSSR count). The molecule has 0 unspecified atom stereocenters. The number of benzene rings is 1. The van der Waals surface area contributed by atoms with Gasteiger partial charge in [0.05, 0.1) is 24.7 Å². The molecule has 0 aliphatic heterocycles. The molecule has 1 heterocycles. The van der Waals surface area contributed by atoms with Crippen LogP contribution in [0.25, 0.3) is 11.3 Å². The molecule has 21 heavy (non-hydrogen) atoms. The summed E-state index contributed by atoms with van der Waals surface area (Å²) in [5.74, 6) is 1.11. The molecule has 1 aliphatic carbocycles. The molecule has 1 aromatic carbocycles. The van der Waals surface area contributed by atoms with E-state index in [2.05, 4.69) is 42.0 Å². The predicted octanol–water partition coefficient (Wildman–Crippen LogP) is 4.06. The number of hydrogen-bond acceptors (Lipinski definition) is 3. The fraction of sp³-hybridized carbons (Fsp3) is 0.444. The number of fused-ring (bicyclic) bond motifs is 1. The summed E-state index contributed by atoms with van der Waals surface area (Å²) in [6.07, 6.45) is 8.42. The summed E-state index contributed by atoms with van der Waals surface area (Å²) in [7, 11) is 0. The minimum atomic E-state index is 0.486. The van der Waals surface area contributed by atoms with Crippen LogP contribution in [0.2, 0.25) is 0 Å². The van der Waals surface area contributed by atoms with Crippen LogP contribution in [-0.4, -0.2) is 16.6 Å². The van der Waals surface area contributed by atoms with E-state index >= 15 is 0 Å². The Morgan fingerprint density at radius 1 is 1.14 bits per heavy atom. The largest absolute Gasteiger partial charge is 0.476 e. The molecule has 0 radical (unpaired) electrons. The summed E-state index contributed by atoms with van der Waals surface area (Å²) in [4.78, 5) is 8.94. The lowest BCUT2D eigenvalue weighted by atomic mass is 9.87. The van der Waals surface area contributed by atoms with Crippen molar-refractivity contribution in [1.29, 1.82) is 0 Å². The number of nitrogens with zero attached hydrogens (tertiary/aromatic N) is 2. The van der Waals surface area contributed by atoms with Crippen LogP contribution in [0.1, 0.15) is 37.8 Å². The molecule has 0 amide bonds. The van der Waals surface area contributed by atoms with Crippen LogP contribution in [0.3, 0.4) is 0 Å². The third-order valence-corrected chi connectivity index (χ3v) is 3.85. The molecule has 3 nitrogen and oxygen atoms in total. The van der Waals surface area contributed by atoms with Gasteiger partial charge in [-0.25, -0.2) is 4.98 Å². The number of aryl methyl sites for hydroxylation is 1. The summed E-state index contributed by atoms with van der Waals surface area (Å²) in [5.41, 5.74) is 5.05. The summed E-state index contributed by atoms with van der Waals surface area (Å²) < 4.78 is 5.70. The van der Waals surface area contributed by atoms with Gasteiger partial charge in [0.15, 0.2) is 0 Å². The number of hydrogen-bond donors (Lipinski definition) is 0. The van der Waals surface area contributed by atoms with Crippen molar-refractivity contribution in [1.82, 2.24) is 9.97 Å². The molecule has 0 atom stereocenters. The zero-order valence-corrected chi connectivity index (χ0v) is 12.8. The van der Waals surface area contributed by atoms with E-state index in [4.69, 9.17) is 4.74 Å². The molecule has 1 aliphatic rings. The first-order valence-electron chi connectivity index (χ1n) is 7.80. The van der Waals surface area contributed by atoms with E-state index in [1.165, 1.54) is 36.0 Å². The van der Waals surface area contributed by atoms with Crippen molar-refractivity contribution in [2.24, 2.45) is 5.92 Å². The number of rotatable bonds is 4. The highest BCUT2D eigenvalue weighted by Crippen LogP contribution is 2.30. The van der Waals surface area contributed by atoms with Crippen molar-refractivity contribution in [3.05, 3.63) is 41.7 Å². The Bertz CT molecular complexity index is 622. The maximum Gasteiger partial charge on any atom is 0.232 e. The van der Waals surface area contributed by atoms with Gasteiger partial charge in [-0.05, 0) is 42.7 Å². The minimum absolute atomic E-state index is 0.486. The van der Waals surface area contributed by atoms with Gasteiger partial charge in [-0.2, -0.15) is 0 Å². The Labute approximate surface area is 126 Å². The Hall–Kier alpha value is -1.90. The zero-order chi connectivity index (χ0) is 14.7. The van der Waals surface area contributed by atoms with Crippen LogP contribution in [0.15, 0.2) is 30.6 Å². The molecule has 0 fully saturated rings. The molecule has 0 saturated heterocycles. The van der Waals surface area contributed by atoms with E-state index in [0.29, 0.717) is 18.4 Å². The van der Waals surface area contributed by atoms with Crippen LogP contribution in [-0.2, 0) is 12.8 Å². The molecule has 0 N–H and O–H groups in total. The lowest BCUT2D eigenvalue weighted by molar-refractivity contribution is 0.260. The average molecular weight is 282 g/mol. The smallest absolute Gasteiger partial charge is 0.232 e. The molecule has 0 spiro atoms. The van der Waals surface area contributed by atoms with Crippen LogP contribution >= 0.6 is 0 Å². The van der Waals surface area contributed by atoms with E-state index in [0.717, 1.165) is 12.1 Å². The van der Waals surface area contributed by atoms with E-state index in [-0.39, 0.29) is 0 Å². The van der Waals surface area contributed by atoms with Gasteiger partial charge in [0, 0.05) is 5.56 Å². The first-order valence-corrected chi connectivity index (χ1v) is 7.80. The van der Waals surface area contributed by atoms with Gasteiger partial charge >= 0.3 is 0 Å². The maximum atomic E-state index is 5.70. The molecule has 1 aromatic heterocycles. The molecular formula is C18H22N2O. The first-order chi connectivity index (χ1) is 10.2. The van der Waals surface area contributed by atoms with E-state index in [1.54, 1.807) is 6.20 Å². The van der Waals surface area contributed by atoms with Crippen LogP contribution in [0.5, 0.6) is 5.88 Å². The van der Waals surface area contributed by atoms with Crippen LogP contribution in [0, 0.1) is 5.92 Å². The van der Waals surface area contributed by atoms with Gasteiger partial charge in [0.25, 0.3) is 0 Å². The topological polar surface area (TPSA) is 35.0 Å². The predicted molar refractivity (Wildman–Crippen MR) is 84.4 cm³/mol. The van der Waals surface area contributed by atoms with E-state index in [1.807, 2.05) is 6.20 Å². The lowest BCUT2D eigenvalue weighted by Gasteiger charge is -2.19. The second-order valence-electron chi connectivity index (χ2n) is 6.10. The second kappa shape index (κ2) is 6.25. The quantitative estimate of drug-likeness (QED) is 0.848. The maximum absolute atomic E-state index is 5.70. The van der Waals surface area contributed by atoms with E-state index < -0.39 is 0 Å². The Morgan fingerprint density at radius 2 is 2.00 bits per heavy atom. The van der Waals surface area contributed by atoms with Crippen molar-refractivity contribution in [2.45, 2.75) is 39.5 Å². The number of aromatic nitrogens is 2. The van der Waals surface area contributed by atoms with Gasteiger partial charge < -0.3 is 4.74 Å². The zero-order valence-electron chi connectivity index (χ0n) is 12.8. The van der Waals surface area contributed by atoms with Crippen molar-refractivity contribution in [3.63, 3.8) is 0 Å². The second-order valence-corrected chi connectivity index (χ2v) is 6.10. The van der Waals surface area contributed by atoms with Crippen molar-refractivity contribution >= 4 is 0 Å². The van der Waals surface area contributed by atoms with Crippen molar-refractivity contribution < 1.29 is 4.74 Å². The molecule has 110 valence electrons. The molecule has 0 saturated carbocycles. The van der Waals surface area contributed by atoms with Gasteiger partial charge in [0.2, 0.25) is 5.88 Å². The Kier molecular flexibility index (Phi) is 4.18. The Morgan fingerprint density at radius 3 is 2.86 bits per heavy atom. The Balaban J connectivity index is 1.92. The van der Waals surface area contributed by atoms with Crippen LogP contribution < -0.4 is 4.74 Å². The number of ether oxygens (including phenoxy) is 1. The van der Waals surface area contributed by atoms with E-state index in [9.17, 15) is 0 Å². The van der Waals surface area contributed by atoms with Gasteiger partial charge in [0.1, 0.15) is 0 Å². The highest BCUT2D eigenvalue weighted by atomic mass is 16.5. The highest BCUT2D eigenvalue weighted by Gasteiger charge is 2.15. The minimum Gasteiger partial charge on any atom is -0.476 e. The third-order valence-electron chi connectivity index (χ3n) is 3.85. The normalized spacial score (nSPS) is 14.0. The first kappa shape index (κ1) is 14.1. The van der Waals surface area contributed by atoms with Gasteiger partial charge in [-0.3, -0.25) is 4.98 Å². The van der Waals surface area contributed by atoms with Gasteiger partial charge in [-0.1, -0.05) is 32.0 Å². The molecule has 2 aromatic rings. The summed E-state index contributed by atoms with van der Waals surface area (Å²) in [6, 6.07) is 6.52. The van der Waals surface area contributed by atoms with Crippen molar-refractivity contribution in [3.8, 4) is 17.1 Å². The summed E-state index contributed by atoms with van der Waals surface area (Å²) in [5, 5.41) is 0. The van der Waals surface area contributed by atoms with Crippen molar-refractivity contribution in [2.75, 3.05) is 6.61 Å². The average Bonchev–Trinajstić information content (AvgIpc) is 2.52. The monoisotopic (exact) mass is 282 g/mol. The highest BCUT2D eigenvalue weighted by molar-refractivity contribution is 5.65. The molecule has 3 heteroatoms. The third kappa shape index (κ3) is 3.23. The van der Waals surface area contributed by atoms with Crippen LogP contribution in [0.4, 0.5) is 0 Å². The molecular weight excluding hydrogens is 260 g/mol. The van der Waals surface area contributed by atoms with Gasteiger partial charge in [-0.15, -0.1) is 0 Å².